The minimum atomic E-state index is 0.334. The van der Waals surface area contributed by atoms with Gasteiger partial charge < -0.3 is 0 Å². The SMILES string of the molecule is CC1C=C(c2nc(-c3ccccc3)nc(-c3ccccc3)n2)c2c(sc3cccc(-c4ccc(-c5cccc6ccccc56)nn4)c23)C1. The quantitative estimate of drug-likeness (QED) is 0.188. The van der Waals surface area contributed by atoms with Crippen molar-refractivity contribution in [2.45, 2.75) is 13.3 Å². The minimum Gasteiger partial charge on any atom is -0.208 e. The summed E-state index contributed by atoms with van der Waals surface area (Å²) in [6.07, 6.45) is 3.30. The maximum atomic E-state index is 5.13. The Morgan fingerprint density at radius 2 is 1.15 bits per heavy atom. The second kappa shape index (κ2) is 11.7. The standard InChI is InChI=1S/C42H29N5S/c1-26-24-33(42-44-40(28-13-4-2-5-14-28)43-41(45-42)29-15-6-3-7-16-29)39-37(25-26)48-36-21-11-20-32(38(36)39)35-23-22-34(46-47-35)31-19-10-17-27-12-8-9-18-30(27)31/h2-24,26H,25H2,1H3. The largest absolute Gasteiger partial charge is 0.208 e. The molecule has 0 spiro atoms. The molecular formula is C42H29N5S. The van der Waals surface area contributed by atoms with Gasteiger partial charge in [0.05, 0.1) is 11.4 Å². The number of allylic oxidation sites excluding steroid dienone is 1. The Labute approximate surface area is 282 Å². The van der Waals surface area contributed by atoms with Crippen molar-refractivity contribution in [1.82, 2.24) is 25.1 Å². The number of nitrogens with zero attached hydrogens (tertiary/aromatic N) is 5. The number of benzene rings is 5. The fourth-order valence-corrected chi connectivity index (χ4v) is 8.13. The number of fused-ring (bicyclic) bond motifs is 4. The van der Waals surface area contributed by atoms with Gasteiger partial charge in [0.15, 0.2) is 17.5 Å². The molecule has 0 N–H and O–H groups in total. The molecule has 1 aliphatic rings. The summed E-state index contributed by atoms with van der Waals surface area (Å²) in [6.45, 7) is 2.27. The summed E-state index contributed by atoms with van der Waals surface area (Å²) < 4.78 is 1.22. The van der Waals surface area contributed by atoms with E-state index in [2.05, 4.69) is 110 Å². The second-order valence-electron chi connectivity index (χ2n) is 12.2. The summed E-state index contributed by atoms with van der Waals surface area (Å²) in [7, 11) is 0. The van der Waals surface area contributed by atoms with E-state index in [1.165, 1.54) is 31.3 Å². The van der Waals surface area contributed by atoms with Crippen molar-refractivity contribution < 1.29 is 0 Å². The van der Waals surface area contributed by atoms with Gasteiger partial charge in [0.1, 0.15) is 0 Å². The molecule has 48 heavy (non-hydrogen) atoms. The van der Waals surface area contributed by atoms with Crippen molar-refractivity contribution in [3.8, 4) is 45.3 Å². The third kappa shape index (κ3) is 4.98. The molecule has 1 atom stereocenters. The molecule has 0 saturated carbocycles. The molecule has 3 heterocycles. The van der Waals surface area contributed by atoms with E-state index in [4.69, 9.17) is 25.1 Å². The van der Waals surface area contributed by atoms with Gasteiger partial charge in [-0.25, -0.2) is 15.0 Å². The molecule has 6 heteroatoms. The van der Waals surface area contributed by atoms with Crippen molar-refractivity contribution >= 4 is 37.8 Å². The normalized spacial score (nSPS) is 14.2. The lowest BCUT2D eigenvalue weighted by Crippen LogP contribution is -2.10. The Kier molecular flexibility index (Phi) is 6.94. The molecule has 0 saturated heterocycles. The lowest BCUT2D eigenvalue weighted by atomic mass is 9.87. The van der Waals surface area contributed by atoms with E-state index >= 15 is 0 Å². The Balaban J connectivity index is 1.21. The zero-order chi connectivity index (χ0) is 32.0. The Morgan fingerprint density at radius 1 is 0.562 bits per heavy atom. The first kappa shape index (κ1) is 28.4. The fourth-order valence-electron chi connectivity index (χ4n) is 6.74. The second-order valence-corrected chi connectivity index (χ2v) is 13.3. The van der Waals surface area contributed by atoms with Crippen LogP contribution in [-0.2, 0) is 6.42 Å². The van der Waals surface area contributed by atoms with Crippen LogP contribution >= 0.6 is 11.3 Å². The molecular weight excluding hydrogens is 607 g/mol. The number of hydrogen-bond donors (Lipinski definition) is 0. The maximum absolute atomic E-state index is 5.13. The van der Waals surface area contributed by atoms with E-state index < -0.39 is 0 Å². The molecule has 0 fully saturated rings. The number of hydrogen-bond acceptors (Lipinski definition) is 6. The van der Waals surface area contributed by atoms with E-state index in [1.807, 2.05) is 47.7 Å². The first-order chi connectivity index (χ1) is 23.7. The van der Waals surface area contributed by atoms with Crippen LogP contribution in [0.5, 0.6) is 0 Å². The lowest BCUT2D eigenvalue weighted by molar-refractivity contribution is 0.723. The van der Waals surface area contributed by atoms with Crippen LogP contribution in [0.4, 0.5) is 0 Å². The van der Waals surface area contributed by atoms with Crippen LogP contribution in [-0.4, -0.2) is 25.1 Å². The van der Waals surface area contributed by atoms with E-state index in [0.29, 0.717) is 23.4 Å². The Bertz CT molecular complexity index is 2420. The number of rotatable bonds is 5. The van der Waals surface area contributed by atoms with E-state index in [-0.39, 0.29) is 0 Å². The topological polar surface area (TPSA) is 64.5 Å². The van der Waals surface area contributed by atoms with E-state index in [0.717, 1.165) is 45.6 Å². The highest BCUT2D eigenvalue weighted by molar-refractivity contribution is 7.19. The van der Waals surface area contributed by atoms with Crippen LogP contribution in [0.25, 0.3) is 71.7 Å². The summed E-state index contributed by atoms with van der Waals surface area (Å²) in [5.74, 6) is 2.34. The van der Waals surface area contributed by atoms with Crippen LogP contribution in [0.3, 0.4) is 0 Å². The van der Waals surface area contributed by atoms with Gasteiger partial charge in [-0.15, -0.1) is 21.5 Å². The van der Waals surface area contributed by atoms with Gasteiger partial charge in [-0.3, -0.25) is 0 Å². The van der Waals surface area contributed by atoms with Crippen LogP contribution in [0.15, 0.2) is 140 Å². The lowest BCUT2D eigenvalue weighted by Gasteiger charge is -2.20. The van der Waals surface area contributed by atoms with Gasteiger partial charge in [-0.2, -0.15) is 0 Å². The summed E-state index contributed by atoms with van der Waals surface area (Å²) in [4.78, 5) is 16.5. The van der Waals surface area contributed by atoms with Crippen molar-refractivity contribution in [3.63, 3.8) is 0 Å². The first-order valence-corrected chi connectivity index (χ1v) is 17.0. The van der Waals surface area contributed by atoms with Gasteiger partial charge >= 0.3 is 0 Å². The van der Waals surface area contributed by atoms with Crippen molar-refractivity contribution in [2.75, 3.05) is 0 Å². The van der Waals surface area contributed by atoms with Gasteiger partial charge in [-0.05, 0) is 41.3 Å². The van der Waals surface area contributed by atoms with Crippen LogP contribution in [0, 0.1) is 5.92 Å². The monoisotopic (exact) mass is 635 g/mol. The molecule has 8 aromatic rings. The van der Waals surface area contributed by atoms with Gasteiger partial charge in [0.2, 0.25) is 0 Å². The van der Waals surface area contributed by atoms with Gasteiger partial charge in [0.25, 0.3) is 0 Å². The Morgan fingerprint density at radius 3 is 1.85 bits per heavy atom. The molecule has 0 bridgehead atoms. The maximum Gasteiger partial charge on any atom is 0.164 e. The molecule has 1 unspecified atom stereocenters. The smallest absolute Gasteiger partial charge is 0.164 e. The average molecular weight is 636 g/mol. The molecule has 9 rings (SSSR count). The number of thiophene rings is 1. The predicted octanol–water partition coefficient (Wildman–Crippen LogP) is 10.3. The predicted molar refractivity (Wildman–Crippen MR) is 196 cm³/mol. The summed E-state index contributed by atoms with van der Waals surface area (Å²) in [5, 5.41) is 13.1. The zero-order valence-electron chi connectivity index (χ0n) is 26.2. The highest BCUT2D eigenvalue weighted by Gasteiger charge is 2.28. The highest BCUT2D eigenvalue weighted by Crippen LogP contribution is 2.46. The Hall–Kier alpha value is -5.85. The molecule has 228 valence electrons. The zero-order valence-corrected chi connectivity index (χ0v) is 27.0. The third-order valence-electron chi connectivity index (χ3n) is 8.96. The molecule has 0 amide bonds. The van der Waals surface area contributed by atoms with Crippen LogP contribution in [0.2, 0.25) is 0 Å². The molecule has 5 nitrogen and oxygen atoms in total. The van der Waals surface area contributed by atoms with Crippen LogP contribution < -0.4 is 0 Å². The molecule has 5 aromatic carbocycles. The summed E-state index contributed by atoms with van der Waals surface area (Å²) in [5.41, 5.74) is 7.98. The summed E-state index contributed by atoms with van der Waals surface area (Å²) >= 11 is 1.85. The molecule has 3 aromatic heterocycles. The molecule has 0 aliphatic heterocycles. The molecule has 0 radical (unpaired) electrons. The fraction of sp³-hybridized carbons (Fsp3) is 0.0714. The molecule has 1 aliphatic carbocycles. The number of aromatic nitrogens is 5. The van der Waals surface area contributed by atoms with Crippen LogP contribution in [0.1, 0.15) is 23.2 Å². The third-order valence-corrected chi connectivity index (χ3v) is 10.1. The average Bonchev–Trinajstić information content (AvgIpc) is 3.53. The van der Waals surface area contributed by atoms with Crippen molar-refractivity contribution in [2.24, 2.45) is 5.92 Å². The van der Waals surface area contributed by atoms with Crippen molar-refractivity contribution in [1.29, 1.82) is 0 Å². The van der Waals surface area contributed by atoms with E-state index in [9.17, 15) is 0 Å². The van der Waals surface area contributed by atoms with Gasteiger partial charge in [-0.1, -0.05) is 128 Å². The highest BCUT2D eigenvalue weighted by atomic mass is 32.1. The minimum absolute atomic E-state index is 0.334. The first-order valence-electron chi connectivity index (χ1n) is 16.2. The van der Waals surface area contributed by atoms with E-state index in [1.54, 1.807) is 0 Å². The summed E-state index contributed by atoms with van der Waals surface area (Å²) in [6, 6.07) is 45.7. The van der Waals surface area contributed by atoms with Gasteiger partial charge in [0, 0.05) is 48.4 Å². The van der Waals surface area contributed by atoms with Crippen molar-refractivity contribution in [3.05, 3.63) is 156 Å².